The molecule has 2 nitrogen and oxygen atoms in total. The Morgan fingerprint density at radius 3 is 2.86 bits per heavy atom. The lowest BCUT2D eigenvalue weighted by Crippen LogP contribution is -2.34. The second-order valence-corrected chi connectivity index (χ2v) is 4.93. The first-order valence-corrected chi connectivity index (χ1v) is 6.35. The van der Waals surface area contributed by atoms with E-state index in [1.807, 2.05) is 0 Å². The van der Waals surface area contributed by atoms with Crippen LogP contribution < -0.4 is 5.32 Å². The summed E-state index contributed by atoms with van der Waals surface area (Å²) in [7, 11) is 0. The molecule has 1 saturated heterocycles. The van der Waals surface area contributed by atoms with E-state index in [0.29, 0.717) is 0 Å². The molecule has 14 heavy (non-hydrogen) atoms. The van der Waals surface area contributed by atoms with E-state index in [9.17, 15) is 0 Å². The first-order chi connectivity index (χ1) is 6.90. The molecule has 1 N–H and O–H groups in total. The quantitative estimate of drug-likeness (QED) is 0.652. The summed E-state index contributed by atoms with van der Waals surface area (Å²) in [5.74, 6) is 1.06. The topological polar surface area (TPSA) is 15.3 Å². The monoisotopic (exact) mass is 196 g/mol. The fraction of sp³-hybridized carbons (Fsp3) is 1.00. The van der Waals surface area contributed by atoms with Crippen molar-refractivity contribution in [2.45, 2.75) is 45.1 Å². The van der Waals surface area contributed by atoms with Gasteiger partial charge in [0.25, 0.3) is 0 Å². The summed E-state index contributed by atoms with van der Waals surface area (Å²) >= 11 is 0. The summed E-state index contributed by atoms with van der Waals surface area (Å²) in [6, 6.07) is 0.964. The van der Waals surface area contributed by atoms with Crippen LogP contribution in [0.25, 0.3) is 0 Å². The summed E-state index contributed by atoms with van der Waals surface area (Å²) in [5, 5.41) is 3.48. The lowest BCUT2D eigenvalue weighted by molar-refractivity contribution is 0.211. The number of hydrogen-bond donors (Lipinski definition) is 1. The van der Waals surface area contributed by atoms with Crippen molar-refractivity contribution in [2.75, 3.05) is 26.2 Å². The van der Waals surface area contributed by atoms with Crippen LogP contribution in [-0.2, 0) is 0 Å². The molecule has 2 aliphatic rings. The lowest BCUT2D eigenvalue weighted by atomic mass is 10.1. The Hall–Kier alpha value is -0.0800. The van der Waals surface area contributed by atoms with Crippen molar-refractivity contribution in [3.8, 4) is 0 Å². The maximum absolute atomic E-state index is 3.48. The van der Waals surface area contributed by atoms with Crippen molar-refractivity contribution in [3.05, 3.63) is 0 Å². The van der Waals surface area contributed by atoms with E-state index in [4.69, 9.17) is 0 Å². The van der Waals surface area contributed by atoms with Crippen LogP contribution >= 0.6 is 0 Å². The maximum Gasteiger partial charge on any atom is 0.00986 e. The Morgan fingerprint density at radius 2 is 2.21 bits per heavy atom. The van der Waals surface area contributed by atoms with E-state index >= 15 is 0 Å². The van der Waals surface area contributed by atoms with Gasteiger partial charge in [-0.2, -0.15) is 0 Å². The van der Waals surface area contributed by atoms with Gasteiger partial charge in [-0.05, 0) is 57.7 Å². The molecule has 1 heterocycles. The molecule has 1 aliphatic carbocycles. The maximum atomic E-state index is 3.48. The molecular formula is C12H24N2. The SMILES string of the molecule is CCCNCCCN1CC2CCC1C2. The zero-order chi connectivity index (χ0) is 9.80. The number of hydrogen-bond acceptors (Lipinski definition) is 2. The van der Waals surface area contributed by atoms with Crippen molar-refractivity contribution in [1.29, 1.82) is 0 Å². The standard InChI is InChI=1S/C12H24N2/c1-2-6-13-7-3-8-14-10-11-4-5-12(14)9-11/h11-13H,2-10H2,1H3. The van der Waals surface area contributed by atoms with E-state index in [1.54, 1.807) is 0 Å². The molecule has 2 rings (SSSR count). The number of likely N-dealkylation sites (tertiary alicyclic amines) is 1. The third kappa shape index (κ3) is 2.48. The predicted molar refractivity (Wildman–Crippen MR) is 60.5 cm³/mol. The van der Waals surface area contributed by atoms with Crippen molar-refractivity contribution in [3.63, 3.8) is 0 Å². The Labute approximate surface area is 88.1 Å². The molecule has 82 valence electrons. The highest BCUT2D eigenvalue weighted by Crippen LogP contribution is 2.37. The molecule has 0 amide bonds. The van der Waals surface area contributed by atoms with E-state index < -0.39 is 0 Å². The van der Waals surface area contributed by atoms with E-state index in [0.717, 1.165) is 12.0 Å². The van der Waals surface area contributed by atoms with Crippen LogP contribution in [0.4, 0.5) is 0 Å². The normalized spacial score (nSPS) is 31.5. The van der Waals surface area contributed by atoms with Gasteiger partial charge in [-0.3, -0.25) is 0 Å². The van der Waals surface area contributed by atoms with Gasteiger partial charge < -0.3 is 10.2 Å². The number of fused-ring (bicyclic) bond motifs is 2. The Kier molecular flexibility index (Phi) is 3.82. The molecule has 2 fully saturated rings. The van der Waals surface area contributed by atoms with Gasteiger partial charge in [0.2, 0.25) is 0 Å². The molecule has 1 saturated carbocycles. The zero-order valence-corrected chi connectivity index (χ0v) is 9.47. The van der Waals surface area contributed by atoms with Crippen LogP contribution in [0.1, 0.15) is 39.0 Å². The number of nitrogens with one attached hydrogen (secondary N) is 1. The van der Waals surface area contributed by atoms with Crippen LogP contribution in [0, 0.1) is 5.92 Å². The predicted octanol–water partition coefficient (Wildman–Crippen LogP) is 1.86. The highest BCUT2D eigenvalue weighted by Gasteiger charge is 2.36. The van der Waals surface area contributed by atoms with Crippen LogP contribution in [0.2, 0.25) is 0 Å². The summed E-state index contributed by atoms with van der Waals surface area (Å²) in [6.07, 6.45) is 7.09. The van der Waals surface area contributed by atoms with Gasteiger partial charge >= 0.3 is 0 Å². The van der Waals surface area contributed by atoms with Gasteiger partial charge in [0.1, 0.15) is 0 Å². The number of piperidine rings is 1. The smallest absolute Gasteiger partial charge is 0.00986 e. The number of rotatable bonds is 6. The van der Waals surface area contributed by atoms with Gasteiger partial charge in [-0.1, -0.05) is 6.92 Å². The third-order valence-corrected chi connectivity index (χ3v) is 3.75. The van der Waals surface area contributed by atoms with Gasteiger partial charge in [0, 0.05) is 12.6 Å². The summed E-state index contributed by atoms with van der Waals surface area (Å²) < 4.78 is 0. The van der Waals surface area contributed by atoms with Crippen molar-refractivity contribution >= 4 is 0 Å². The third-order valence-electron chi connectivity index (χ3n) is 3.75. The molecule has 2 bridgehead atoms. The average Bonchev–Trinajstić information content (AvgIpc) is 2.79. The Bertz CT molecular complexity index is 170. The minimum atomic E-state index is 0.964. The molecule has 2 unspecified atom stereocenters. The van der Waals surface area contributed by atoms with Crippen LogP contribution in [0.5, 0.6) is 0 Å². The minimum absolute atomic E-state index is 0.964. The highest BCUT2D eigenvalue weighted by atomic mass is 15.2. The Morgan fingerprint density at radius 1 is 1.29 bits per heavy atom. The van der Waals surface area contributed by atoms with Crippen molar-refractivity contribution in [1.82, 2.24) is 10.2 Å². The molecule has 1 aliphatic heterocycles. The van der Waals surface area contributed by atoms with E-state index in [2.05, 4.69) is 17.1 Å². The fourth-order valence-corrected chi connectivity index (χ4v) is 3.01. The second kappa shape index (κ2) is 5.13. The molecule has 2 atom stereocenters. The Balaban J connectivity index is 1.54. The van der Waals surface area contributed by atoms with Crippen LogP contribution in [0.3, 0.4) is 0 Å². The van der Waals surface area contributed by atoms with Gasteiger partial charge in [0.15, 0.2) is 0 Å². The zero-order valence-electron chi connectivity index (χ0n) is 9.47. The van der Waals surface area contributed by atoms with Gasteiger partial charge in [-0.25, -0.2) is 0 Å². The largest absolute Gasteiger partial charge is 0.317 e. The minimum Gasteiger partial charge on any atom is -0.317 e. The molecule has 0 aromatic rings. The van der Waals surface area contributed by atoms with Gasteiger partial charge in [0.05, 0.1) is 0 Å². The first-order valence-electron chi connectivity index (χ1n) is 6.35. The molecular weight excluding hydrogens is 172 g/mol. The van der Waals surface area contributed by atoms with Crippen LogP contribution in [0.15, 0.2) is 0 Å². The van der Waals surface area contributed by atoms with E-state index in [1.165, 1.54) is 58.3 Å². The highest BCUT2D eigenvalue weighted by molar-refractivity contribution is 4.91. The van der Waals surface area contributed by atoms with E-state index in [-0.39, 0.29) is 0 Å². The van der Waals surface area contributed by atoms with Crippen molar-refractivity contribution < 1.29 is 0 Å². The summed E-state index contributed by atoms with van der Waals surface area (Å²) in [5.41, 5.74) is 0. The fourth-order valence-electron chi connectivity index (χ4n) is 3.01. The second-order valence-electron chi connectivity index (χ2n) is 4.93. The van der Waals surface area contributed by atoms with Crippen molar-refractivity contribution in [2.24, 2.45) is 5.92 Å². The van der Waals surface area contributed by atoms with Crippen LogP contribution in [-0.4, -0.2) is 37.1 Å². The summed E-state index contributed by atoms with van der Waals surface area (Å²) in [6.45, 7) is 7.36. The molecule has 0 aromatic carbocycles. The summed E-state index contributed by atoms with van der Waals surface area (Å²) in [4.78, 5) is 2.72. The average molecular weight is 196 g/mol. The molecule has 2 heteroatoms. The number of nitrogens with zero attached hydrogens (tertiary/aromatic N) is 1. The molecule has 0 aromatic heterocycles. The van der Waals surface area contributed by atoms with Gasteiger partial charge in [-0.15, -0.1) is 0 Å². The molecule has 0 radical (unpaired) electrons. The lowest BCUT2D eigenvalue weighted by Gasteiger charge is -2.26. The first kappa shape index (κ1) is 10.4. The molecule has 0 spiro atoms.